The van der Waals surface area contributed by atoms with Crippen LogP contribution < -0.4 is 5.73 Å². The number of rotatable bonds is 0. The lowest BCUT2D eigenvalue weighted by molar-refractivity contribution is 0.0235. The number of imide groups is 1. The summed E-state index contributed by atoms with van der Waals surface area (Å²) in [7, 11) is 0. The number of nitrogens with zero attached hydrogens (tertiary/aromatic N) is 2. The summed E-state index contributed by atoms with van der Waals surface area (Å²) in [6.07, 6.45) is -0.0984. The Morgan fingerprint density at radius 2 is 2.00 bits per heavy atom. The van der Waals surface area contributed by atoms with E-state index in [1.165, 1.54) is 0 Å². The lowest BCUT2D eigenvalue weighted by Gasteiger charge is -2.27. The van der Waals surface area contributed by atoms with Crippen molar-refractivity contribution in [3.63, 3.8) is 0 Å². The first-order valence-electron chi connectivity index (χ1n) is 6.58. The summed E-state index contributed by atoms with van der Waals surface area (Å²) in [5.41, 5.74) is 5.61. The summed E-state index contributed by atoms with van der Waals surface area (Å²) >= 11 is 1.11. The van der Waals surface area contributed by atoms with Crippen molar-refractivity contribution < 1.29 is 14.3 Å². The monoisotopic (exact) mass is 299 g/mol. The largest absolute Gasteiger partial charge is 0.443 e. The van der Waals surface area contributed by atoms with Crippen molar-refractivity contribution in [2.24, 2.45) is 0 Å². The first kappa shape index (κ1) is 16.4. The maximum atomic E-state index is 12.1. The van der Waals surface area contributed by atoms with Gasteiger partial charge in [-0.15, -0.1) is 0 Å². The fraction of sp³-hybridized carbons (Fsp3) is 0.615. The number of anilines is 1. The predicted molar refractivity (Wildman–Crippen MR) is 78.8 cm³/mol. The zero-order valence-corrected chi connectivity index (χ0v) is 13.3. The van der Waals surface area contributed by atoms with E-state index in [4.69, 9.17) is 10.5 Å². The van der Waals surface area contributed by atoms with E-state index in [0.717, 1.165) is 16.2 Å². The second-order valence-corrected chi connectivity index (χ2v) is 6.05. The van der Waals surface area contributed by atoms with E-state index in [0.29, 0.717) is 22.1 Å². The number of ether oxygens (including phenoxy) is 1. The van der Waals surface area contributed by atoms with E-state index in [9.17, 15) is 9.59 Å². The molecule has 2 N–H and O–H groups in total. The Morgan fingerprint density at radius 3 is 2.55 bits per heavy atom. The number of carbonyl (C=O) groups is 2. The van der Waals surface area contributed by atoms with Gasteiger partial charge in [-0.2, -0.15) is 0 Å². The lowest BCUT2D eigenvalue weighted by Crippen LogP contribution is -2.44. The number of hydrogen-bond donors (Lipinski definition) is 1. The van der Waals surface area contributed by atoms with Crippen LogP contribution in [0.4, 0.5) is 9.93 Å². The van der Waals surface area contributed by atoms with Gasteiger partial charge in [0.2, 0.25) is 0 Å². The molecule has 0 bridgehead atoms. The van der Waals surface area contributed by atoms with Crippen LogP contribution in [0.5, 0.6) is 0 Å². The molecule has 0 radical (unpaired) electrons. The van der Waals surface area contributed by atoms with Gasteiger partial charge in [-0.3, -0.25) is 4.79 Å². The molecule has 20 heavy (non-hydrogen) atoms. The summed E-state index contributed by atoms with van der Waals surface area (Å²) in [6, 6.07) is 0. The van der Waals surface area contributed by atoms with Crippen molar-refractivity contribution in [2.75, 3.05) is 12.3 Å². The minimum absolute atomic E-state index is 0.282. The summed E-state index contributed by atoms with van der Waals surface area (Å²) in [6.45, 7) is 9.56. The van der Waals surface area contributed by atoms with Crippen molar-refractivity contribution in [1.82, 2.24) is 9.88 Å². The van der Waals surface area contributed by atoms with Gasteiger partial charge in [0, 0.05) is 13.0 Å². The van der Waals surface area contributed by atoms with Crippen LogP contribution in [0.25, 0.3) is 0 Å². The maximum Gasteiger partial charge on any atom is 0.417 e. The third-order valence-corrected chi connectivity index (χ3v) is 3.25. The van der Waals surface area contributed by atoms with Crippen LogP contribution in [-0.4, -0.2) is 34.0 Å². The minimum Gasteiger partial charge on any atom is -0.443 e. The first-order chi connectivity index (χ1) is 9.28. The van der Waals surface area contributed by atoms with Gasteiger partial charge in [-0.1, -0.05) is 25.2 Å². The molecule has 0 atom stereocenters. The second kappa shape index (κ2) is 6.21. The number of nitrogens with two attached hydrogens (primary N) is 1. The van der Waals surface area contributed by atoms with Gasteiger partial charge in [-0.05, 0) is 20.8 Å². The highest BCUT2D eigenvalue weighted by Gasteiger charge is 2.34. The molecule has 6 nitrogen and oxygen atoms in total. The van der Waals surface area contributed by atoms with Gasteiger partial charge >= 0.3 is 6.09 Å². The van der Waals surface area contributed by atoms with Crippen molar-refractivity contribution in [2.45, 2.75) is 46.6 Å². The molecule has 0 fully saturated rings. The normalized spacial score (nSPS) is 14.2. The number of fused-ring (bicyclic) bond motifs is 1. The molecule has 1 aromatic rings. The van der Waals surface area contributed by atoms with Gasteiger partial charge in [0.15, 0.2) is 5.13 Å². The number of thiazole rings is 1. The van der Waals surface area contributed by atoms with E-state index >= 15 is 0 Å². The van der Waals surface area contributed by atoms with Crippen LogP contribution in [0.2, 0.25) is 0 Å². The molecule has 0 saturated carbocycles. The van der Waals surface area contributed by atoms with E-state index in [2.05, 4.69) is 4.98 Å². The van der Waals surface area contributed by atoms with Gasteiger partial charge in [0.25, 0.3) is 5.91 Å². The van der Waals surface area contributed by atoms with E-state index < -0.39 is 11.7 Å². The molecular weight excluding hydrogens is 278 g/mol. The summed E-state index contributed by atoms with van der Waals surface area (Å²) in [5.74, 6) is -0.375. The van der Waals surface area contributed by atoms with Crippen LogP contribution >= 0.6 is 11.3 Å². The molecule has 2 amide bonds. The molecule has 0 aromatic carbocycles. The molecule has 1 aromatic heterocycles. The first-order valence-corrected chi connectivity index (χ1v) is 7.39. The van der Waals surface area contributed by atoms with Gasteiger partial charge in [-0.25, -0.2) is 14.7 Å². The second-order valence-electron chi connectivity index (χ2n) is 5.02. The van der Waals surface area contributed by atoms with Crippen LogP contribution in [0, 0.1) is 0 Å². The third-order valence-electron chi connectivity index (χ3n) is 2.34. The van der Waals surface area contributed by atoms with Crippen molar-refractivity contribution in [3.05, 3.63) is 10.6 Å². The zero-order chi connectivity index (χ0) is 15.5. The van der Waals surface area contributed by atoms with Crippen LogP contribution in [0.3, 0.4) is 0 Å². The third kappa shape index (κ3) is 3.69. The highest BCUT2D eigenvalue weighted by Crippen LogP contribution is 2.27. The van der Waals surface area contributed by atoms with Gasteiger partial charge in [0.05, 0.1) is 5.69 Å². The highest BCUT2D eigenvalue weighted by molar-refractivity contribution is 7.17. The van der Waals surface area contributed by atoms with E-state index in [-0.39, 0.29) is 12.5 Å². The van der Waals surface area contributed by atoms with Crippen molar-refractivity contribution in [1.29, 1.82) is 0 Å². The Bertz CT molecular complexity index is 505. The smallest absolute Gasteiger partial charge is 0.417 e. The molecule has 2 heterocycles. The molecule has 1 aliphatic heterocycles. The molecular formula is C13H21N3O3S. The fourth-order valence-electron chi connectivity index (χ4n) is 1.64. The predicted octanol–water partition coefficient (Wildman–Crippen LogP) is 2.68. The van der Waals surface area contributed by atoms with Crippen molar-refractivity contribution >= 4 is 28.5 Å². The summed E-state index contributed by atoms with van der Waals surface area (Å²) < 4.78 is 5.19. The van der Waals surface area contributed by atoms with Gasteiger partial charge in [0.1, 0.15) is 10.5 Å². The quantitative estimate of drug-likeness (QED) is 0.796. The number of hydrogen-bond acceptors (Lipinski definition) is 6. The Morgan fingerprint density at radius 1 is 1.40 bits per heavy atom. The Kier molecular flexibility index (Phi) is 5.10. The van der Waals surface area contributed by atoms with Crippen LogP contribution in [-0.2, 0) is 11.2 Å². The van der Waals surface area contributed by atoms with Gasteiger partial charge < -0.3 is 10.5 Å². The molecule has 112 valence electrons. The maximum absolute atomic E-state index is 12.1. The number of amides is 2. The number of carbonyl (C=O) groups excluding carboxylic acids is 2. The molecule has 0 unspecified atom stereocenters. The average Bonchev–Trinajstić information content (AvgIpc) is 2.71. The molecule has 0 aliphatic carbocycles. The average molecular weight is 299 g/mol. The highest BCUT2D eigenvalue weighted by atomic mass is 32.1. The standard InChI is InChI=1S/C11H15N3O3S.C2H6/c1-11(2,3)17-10(16)14-5-4-6-7(8(14)15)18-9(12)13-6;1-2/h4-5H2,1-3H3,(H2,12,13);1-2H3. The topological polar surface area (TPSA) is 85.5 Å². The Hall–Kier alpha value is -1.63. The SMILES string of the molecule is CC.CC(C)(C)OC(=O)N1CCc2nc(N)sc2C1=O. The Balaban J connectivity index is 0.000000956. The summed E-state index contributed by atoms with van der Waals surface area (Å²) in [5, 5.41) is 0.347. The molecule has 0 saturated heterocycles. The lowest BCUT2D eigenvalue weighted by atomic mass is 10.1. The van der Waals surface area contributed by atoms with E-state index in [1.807, 2.05) is 13.8 Å². The van der Waals surface area contributed by atoms with Crippen molar-refractivity contribution in [3.8, 4) is 0 Å². The zero-order valence-electron chi connectivity index (χ0n) is 12.5. The molecule has 7 heteroatoms. The number of aromatic nitrogens is 1. The molecule has 0 spiro atoms. The minimum atomic E-state index is -0.621. The molecule has 2 rings (SSSR count). The van der Waals surface area contributed by atoms with Crippen LogP contribution in [0.1, 0.15) is 50.0 Å². The number of nitrogen functional groups attached to an aromatic ring is 1. The van der Waals surface area contributed by atoms with E-state index in [1.54, 1.807) is 20.8 Å². The Labute approximate surface area is 122 Å². The van der Waals surface area contributed by atoms with Crippen LogP contribution in [0.15, 0.2) is 0 Å². The fourth-order valence-corrected chi connectivity index (χ4v) is 2.47. The summed E-state index contributed by atoms with van der Waals surface area (Å²) in [4.78, 5) is 29.6. The molecule has 1 aliphatic rings.